The minimum Gasteiger partial charge on any atom is -0.481 e. The molecule has 0 aromatic rings. The summed E-state index contributed by atoms with van der Waals surface area (Å²) in [6, 6.07) is 0.826. The van der Waals surface area contributed by atoms with Crippen molar-refractivity contribution in [2.75, 3.05) is 0 Å². The van der Waals surface area contributed by atoms with Gasteiger partial charge in [0.2, 0.25) is 0 Å². The van der Waals surface area contributed by atoms with Crippen LogP contribution in [-0.2, 0) is 4.79 Å². The molecule has 0 saturated heterocycles. The summed E-state index contributed by atoms with van der Waals surface area (Å²) in [5.74, 6) is 1.32. The van der Waals surface area contributed by atoms with Gasteiger partial charge in [0.25, 0.3) is 0 Å². The molecule has 0 amide bonds. The van der Waals surface area contributed by atoms with Gasteiger partial charge in [0.05, 0.1) is 5.92 Å². The molecule has 2 bridgehead atoms. The quantitative estimate of drug-likeness (QED) is 0.758. The minimum absolute atomic E-state index is 0.113. The number of fused-ring (bicyclic) bond motifs is 2. The van der Waals surface area contributed by atoms with Crippen LogP contribution in [-0.4, -0.2) is 23.2 Å². The standard InChI is InChI=1S/C18H31NO2/c1-2-4-12-5-3-6-15(10-7-12)19-17-14-9-8-13(11-14)16(17)18(20)21/h12-17,19H,2-11H2,1H3,(H,20,21). The van der Waals surface area contributed by atoms with Crippen LogP contribution < -0.4 is 5.32 Å². The summed E-state index contributed by atoms with van der Waals surface area (Å²) in [5.41, 5.74) is 0. The monoisotopic (exact) mass is 293 g/mol. The zero-order valence-corrected chi connectivity index (χ0v) is 13.4. The SMILES string of the molecule is CCCC1CCCC(NC2C3CCC(C3)C2C(=O)O)CC1. The van der Waals surface area contributed by atoms with Gasteiger partial charge in [-0.15, -0.1) is 0 Å². The van der Waals surface area contributed by atoms with Crippen molar-refractivity contribution < 1.29 is 9.90 Å². The predicted octanol–water partition coefficient (Wildman–Crippen LogP) is 3.82. The fourth-order valence-electron chi connectivity index (χ4n) is 5.40. The van der Waals surface area contributed by atoms with Crippen LogP contribution in [0.25, 0.3) is 0 Å². The lowest BCUT2D eigenvalue weighted by atomic mass is 9.83. The first kappa shape index (κ1) is 15.3. The Hall–Kier alpha value is -0.570. The Balaban J connectivity index is 1.57. The largest absolute Gasteiger partial charge is 0.481 e. The first-order valence-corrected chi connectivity index (χ1v) is 9.18. The van der Waals surface area contributed by atoms with Crippen LogP contribution in [0.5, 0.6) is 0 Å². The number of rotatable bonds is 5. The van der Waals surface area contributed by atoms with Gasteiger partial charge in [-0.05, 0) is 56.3 Å². The van der Waals surface area contributed by atoms with Crippen LogP contribution in [0.3, 0.4) is 0 Å². The second kappa shape index (κ2) is 6.68. The number of carboxylic acids is 1. The van der Waals surface area contributed by atoms with E-state index in [0.29, 0.717) is 17.9 Å². The molecular formula is C18H31NO2. The van der Waals surface area contributed by atoms with Crippen LogP contribution in [0.4, 0.5) is 0 Å². The molecule has 3 heteroatoms. The Kier molecular flexibility index (Phi) is 4.88. The number of carboxylic acid groups (broad SMARTS) is 1. The maximum atomic E-state index is 11.6. The molecule has 3 aliphatic rings. The fraction of sp³-hybridized carbons (Fsp3) is 0.944. The Bertz CT molecular complexity index is 370. The van der Waals surface area contributed by atoms with Gasteiger partial charge >= 0.3 is 5.97 Å². The molecule has 0 heterocycles. The summed E-state index contributed by atoms with van der Waals surface area (Å²) in [5, 5.41) is 13.4. The molecule has 0 radical (unpaired) electrons. The van der Waals surface area contributed by atoms with Gasteiger partial charge in [-0.2, -0.15) is 0 Å². The Morgan fingerprint density at radius 1 is 1.10 bits per heavy atom. The van der Waals surface area contributed by atoms with Crippen LogP contribution in [0, 0.1) is 23.7 Å². The summed E-state index contributed by atoms with van der Waals surface area (Å²) in [4.78, 5) is 11.6. The van der Waals surface area contributed by atoms with Crippen molar-refractivity contribution in [1.82, 2.24) is 5.32 Å². The Morgan fingerprint density at radius 3 is 2.67 bits per heavy atom. The number of nitrogens with one attached hydrogen (secondary N) is 1. The highest BCUT2D eigenvalue weighted by Gasteiger charge is 2.51. The van der Waals surface area contributed by atoms with Crippen LogP contribution in [0.2, 0.25) is 0 Å². The second-order valence-corrected chi connectivity index (χ2v) is 7.75. The van der Waals surface area contributed by atoms with E-state index in [2.05, 4.69) is 12.2 Å². The highest BCUT2D eigenvalue weighted by molar-refractivity contribution is 5.72. The van der Waals surface area contributed by atoms with Gasteiger partial charge in [0.15, 0.2) is 0 Å². The molecule has 2 N–H and O–H groups in total. The highest BCUT2D eigenvalue weighted by Crippen LogP contribution is 2.49. The van der Waals surface area contributed by atoms with E-state index in [9.17, 15) is 9.90 Å². The average molecular weight is 293 g/mol. The summed E-state index contributed by atoms with van der Waals surface area (Å²) in [6.07, 6.45) is 12.8. The van der Waals surface area contributed by atoms with E-state index < -0.39 is 5.97 Å². The van der Waals surface area contributed by atoms with Gasteiger partial charge in [-0.25, -0.2) is 0 Å². The molecule has 6 atom stereocenters. The normalized spacial score (nSPS) is 42.9. The molecule has 0 aromatic carbocycles. The lowest BCUT2D eigenvalue weighted by molar-refractivity contribution is -0.144. The van der Waals surface area contributed by atoms with Crippen LogP contribution in [0.15, 0.2) is 0 Å². The Labute approximate surface area is 128 Å². The van der Waals surface area contributed by atoms with E-state index in [-0.39, 0.29) is 12.0 Å². The fourth-order valence-corrected chi connectivity index (χ4v) is 5.40. The molecule has 3 nitrogen and oxygen atoms in total. The van der Waals surface area contributed by atoms with E-state index in [1.165, 1.54) is 51.4 Å². The summed E-state index contributed by atoms with van der Waals surface area (Å²) < 4.78 is 0. The first-order valence-electron chi connectivity index (χ1n) is 9.18. The lowest BCUT2D eigenvalue weighted by Crippen LogP contribution is -2.48. The van der Waals surface area contributed by atoms with Crippen molar-refractivity contribution >= 4 is 5.97 Å². The third-order valence-electron chi connectivity index (χ3n) is 6.41. The van der Waals surface area contributed by atoms with Crippen molar-refractivity contribution in [3.63, 3.8) is 0 Å². The zero-order valence-electron chi connectivity index (χ0n) is 13.4. The number of hydrogen-bond donors (Lipinski definition) is 2. The molecule has 21 heavy (non-hydrogen) atoms. The van der Waals surface area contributed by atoms with E-state index in [0.717, 1.165) is 18.8 Å². The van der Waals surface area contributed by atoms with E-state index in [4.69, 9.17) is 0 Å². The van der Waals surface area contributed by atoms with Gasteiger partial charge in [0.1, 0.15) is 0 Å². The van der Waals surface area contributed by atoms with Crippen molar-refractivity contribution in [2.24, 2.45) is 23.7 Å². The van der Waals surface area contributed by atoms with Crippen molar-refractivity contribution in [3.8, 4) is 0 Å². The van der Waals surface area contributed by atoms with E-state index in [1.54, 1.807) is 0 Å². The van der Waals surface area contributed by atoms with Gasteiger partial charge in [0, 0.05) is 12.1 Å². The summed E-state index contributed by atoms with van der Waals surface area (Å²) >= 11 is 0. The minimum atomic E-state index is -0.558. The molecule has 3 rings (SSSR count). The maximum absolute atomic E-state index is 11.6. The van der Waals surface area contributed by atoms with Crippen molar-refractivity contribution in [3.05, 3.63) is 0 Å². The van der Waals surface area contributed by atoms with Crippen molar-refractivity contribution in [1.29, 1.82) is 0 Å². The van der Waals surface area contributed by atoms with Gasteiger partial charge in [-0.3, -0.25) is 4.79 Å². The van der Waals surface area contributed by atoms with Crippen LogP contribution in [0.1, 0.15) is 71.1 Å². The van der Waals surface area contributed by atoms with E-state index >= 15 is 0 Å². The predicted molar refractivity (Wildman–Crippen MR) is 84.2 cm³/mol. The molecule has 3 fully saturated rings. The first-order chi connectivity index (χ1) is 10.2. The third kappa shape index (κ3) is 3.28. The molecule has 6 unspecified atom stereocenters. The van der Waals surface area contributed by atoms with Gasteiger partial charge in [-0.1, -0.05) is 32.6 Å². The summed E-state index contributed by atoms with van der Waals surface area (Å²) in [7, 11) is 0. The molecule has 3 aliphatic carbocycles. The second-order valence-electron chi connectivity index (χ2n) is 7.75. The van der Waals surface area contributed by atoms with Crippen molar-refractivity contribution in [2.45, 2.75) is 83.2 Å². The number of aliphatic carboxylic acids is 1. The third-order valence-corrected chi connectivity index (χ3v) is 6.41. The average Bonchev–Trinajstić information content (AvgIpc) is 2.97. The van der Waals surface area contributed by atoms with E-state index in [1.807, 2.05) is 0 Å². The molecule has 0 aliphatic heterocycles. The lowest BCUT2D eigenvalue weighted by Gasteiger charge is -2.32. The zero-order chi connectivity index (χ0) is 14.8. The summed E-state index contributed by atoms with van der Waals surface area (Å²) in [6.45, 7) is 2.29. The highest BCUT2D eigenvalue weighted by atomic mass is 16.4. The molecule has 0 aromatic heterocycles. The smallest absolute Gasteiger partial charge is 0.308 e. The van der Waals surface area contributed by atoms with Crippen LogP contribution >= 0.6 is 0 Å². The molecule has 120 valence electrons. The molecular weight excluding hydrogens is 262 g/mol. The number of carbonyl (C=O) groups is 1. The molecule has 3 saturated carbocycles. The maximum Gasteiger partial charge on any atom is 0.308 e. The number of hydrogen-bond acceptors (Lipinski definition) is 2. The molecule has 0 spiro atoms. The Morgan fingerprint density at radius 2 is 1.90 bits per heavy atom. The van der Waals surface area contributed by atoms with Gasteiger partial charge < -0.3 is 10.4 Å². The topological polar surface area (TPSA) is 49.3 Å².